The number of benzene rings is 1. The van der Waals surface area contributed by atoms with Crippen molar-refractivity contribution in [3.8, 4) is 0 Å². The minimum Gasteiger partial charge on any atom is -0.481 e. The van der Waals surface area contributed by atoms with Crippen LogP contribution < -0.4 is 4.90 Å². The van der Waals surface area contributed by atoms with Crippen LogP contribution in [0.5, 0.6) is 0 Å². The van der Waals surface area contributed by atoms with E-state index in [0.29, 0.717) is 6.54 Å². The number of unbranched alkanes of at least 4 members (excludes halogenated alkanes) is 4. The molecule has 0 bridgehead atoms. The van der Waals surface area contributed by atoms with E-state index in [0.717, 1.165) is 18.7 Å². The van der Waals surface area contributed by atoms with Crippen LogP contribution in [-0.4, -0.2) is 24.2 Å². The van der Waals surface area contributed by atoms with Crippen LogP contribution in [0.4, 0.5) is 5.69 Å². The first-order valence-corrected chi connectivity index (χ1v) is 8.50. The zero-order chi connectivity index (χ0) is 16.5. The fourth-order valence-corrected chi connectivity index (χ4v) is 2.77. The molecule has 0 saturated carbocycles. The zero-order valence-corrected chi connectivity index (χ0v) is 14.6. The third-order valence-electron chi connectivity index (χ3n) is 4.02. The highest BCUT2D eigenvalue weighted by atomic mass is 16.4. The first kappa shape index (κ1) is 18.5. The second-order valence-electron chi connectivity index (χ2n) is 6.45. The Kier molecular flexibility index (Phi) is 8.00. The molecule has 0 radical (unpaired) electrons. The van der Waals surface area contributed by atoms with E-state index in [1.54, 1.807) is 6.92 Å². The predicted molar refractivity (Wildman–Crippen MR) is 93.7 cm³/mol. The summed E-state index contributed by atoms with van der Waals surface area (Å²) in [6, 6.07) is 6.48. The highest BCUT2D eigenvalue weighted by molar-refractivity contribution is 5.70. The van der Waals surface area contributed by atoms with Crippen LogP contribution in [0.1, 0.15) is 57.1 Å². The molecule has 0 spiro atoms. The van der Waals surface area contributed by atoms with Gasteiger partial charge in [0.15, 0.2) is 0 Å². The lowest BCUT2D eigenvalue weighted by molar-refractivity contribution is -0.140. The highest BCUT2D eigenvalue weighted by Gasteiger charge is 2.16. The van der Waals surface area contributed by atoms with Crippen molar-refractivity contribution < 1.29 is 9.90 Å². The van der Waals surface area contributed by atoms with Gasteiger partial charge in [-0.1, -0.05) is 45.6 Å². The van der Waals surface area contributed by atoms with Gasteiger partial charge >= 0.3 is 5.97 Å². The molecule has 0 fully saturated rings. The van der Waals surface area contributed by atoms with Crippen LogP contribution in [0.25, 0.3) is 0 Å². The Morgan fingerprint density at radius 3 is 2.23 bits per heavy atom. The second kappa shape index (κ2) is 9.50. The maximum absolute atomic E-state index is 11.2. The van der Waals surface area contributed by atoms with E-state index in [1.807, 2.05) is 0 Å². The van der Waals surface area contributed by atoms with Gasteiger partial charge < -0.3 is 10.0 Å². The molecular formula is C19H31NO2. The first-order chi connectivity index (χ1) is 10.4. The molecule has 0 aliphatic heterocycles. The molecule has 0 aliphatic rings. The number of hydrogen-bond donors (Lipinski definition) is 1. The van der Waals surface area contributed by atoms with Crippen molar-refractivity contribution in [3.63, 3.8) is 0 Å². The van der Waals surface area contributed by atoms with Crippen LogP contribution in [-0.2, 0) is 4.79 Å². The average Bonchev–Trinajstić information content (AvgIpc) is 2.44. The molecule has 0 heterocycles. The first-order valence-electron chi connectivity index (χ1n) is 8.50. The number of rotatable bonds is 10. The molecule has 124 valence electrons. The number of carbonyl (C=O) groups is 1. The van der Waals surface area contributed by atoms with Crippen LogP contribution in [0.3, 0.4) is 0 Å². The number of carboxylic acid groups (broad SMARTS) is 1. The van der Waals surface area contributed by atoms with Crippen LogP contribution in [0.15, 0.2) is 18.2 Å². The van der Waals surface area contributed by atoms with E-state index in [1.165, 1.54) is 36.8 Å². The summed E-state index contributed by atoms with van der Waals surface area (Å²) in [5.74, 6) is -1.07. The Hall–Kier alpha value is -1.51. The topological polar surface area (TPSA) is 40.5 Å². The van der Waals surface area contributed by atoms with Crippen molar-refractivity contribution >= 4 is 11.7 Å². The summed E-state index contributed by atoms with van der Waals surface area (Å²) >= 11 is 0. The Morgan fingerprint density at radius 2 is 1.68 bits per heavy atom. The number of hydrogen-bond acceptors (Lipinski definition) is 2. The maximum Gasteiger partial charge on any atom is 0.308 e. The molecule has 1 atom stereocenters. The van der Waals surface area contributed by atoms with Gasteiger partial charge in [0, 0.05) is 18.8 Å². The number of nitrogens with zero attached hydrogens (tertiary/aromatic N) is 1. The van der Waals surface area contributed by atoms with Gasteiger partial charge in [0.25, 0.3) is 0 Å². The molecule has 0 saturated heterocycles. The average molecular weight is 305 g/mol. The van der Waals surface area contributed by atoms with Crippen LogP contribution >= 0.6 is 0 Å². The Labute approximate surface area is 135 Å². The third-order valence-corrected chi connectivity index (χ3v) is 4.02. The number of carboxylic acids is 1. The van der Waals surface area contributed by atoms with Crippen molar-refractivity contribution in [2.45, 2.75) is 59.8 Å². The summed E-state index contributed by atoms with van der Waals surface area (Å²) in [5, 5.41) is 9.20. The van der Waals surface area contributed by atoms with Crippen LogP contribution in [0, 0.1) is 19.8 Å². The lowest BCUT2D eigenvalue weighted by Gasteiger charge is -2.27. The molecule has 0 aliphatic carbocycles. The van der Waals surface area contributed by atoms with Gasteiger partial charge in [0.05, 0.1) is 5.92 Å². The van der Waals surface area contributed by atoms with E-state index in [2.05, 4.69) is 43.9 Å². The lowest BCUT2D eigenvalue weighted by atomic mass is 10.1. The van der Waals surface area contributed by atoms with E-state index in [4.69, 9.17) is 0 Å². The quantitative estimate of drug-likeness (QED) is 0.631. The van der Waals surface area contributed by atoms with Gasteiger partial charge in [-0.2, -0.15) is 0 Å². The smallest absolute Gasteiger partial charge is 0.308 e. The summed E-state index contributed by atoms with van der Waals surface area (Å²) in [6.07, 6.45) is 6.15. The Balaban J connectivity index is 2.74. The molecule has 1 N–H and O–H groups in total. The summed E-state index contributed by atoms with van der Waals surface area (Å²) in [4.78, 5) is 13.4. The largest absolute Gasteiger partial charge is 0.481 e. The Bertz CT molecular complexity index is 450. The van der Waals surface area contributed by atoms with E-state index < -0.39 is 5.97 Å². The number of anilines is 1. The SMILES string of the molecule is CCCCCCCN(CC(C)C(=O)O)c1cc(C)cc(C)c1. The molecule has 3 nitrogen and oxygen atoms in total. The van der Waals surface area contributed by atoms with Gasteiger partial charge in [-0.3, -0.25) is 4.79 Å². The van der Waals surface area contributed by atoms with Crippen molar-refractivity contribution in [3.05, 3.63) is 29.3 Å². The molecule has 1 rings (SSSR count). The van der Waals surface area contributed by atoms with Gasteiger partial charge in [0.1, 0.15) is 0 Å². The van der Waals surface area contributed by atoms with Crippen LogP contribution in [0.2, 0.25) is 0 Å². The van der Waals surface area contributed by atoms with Gasteiger partial charge in [-0.05, 0) is 43.5 Å². The summed E-state index contributed by atoms with van der Waals surface area (Å²) < 4.78 is 0. The van der Waals surface area contributed by atoms with Crippen molar-refractivity contribution in [1.82, 2.24) is 0 Å². The van der Waals surface area contributed by atoms with Gasteiger partial charge in [0.2, 0.25) is 0 Å². The second-order valence-corrected chi connectivity index (χ2v) is 6.45. The lowest BCUT2D eigenvalue weighted by Crippen LogP contribution is -2.32. The number of aliphatic carboxylic acids is 1. The highest BCUT2D eigenvalue weighted by Crippen LogP contribution is 2.21. The molecule has 1 aromatic carbocycles. The maximum atomic E-state index is 11.2. The van der Waals surface area contributed by atoms with E-state index in [9.17, 15) is 9.90 Å². The molecule has 0 amide bonds. The normalized spacial score (nSPS) is 12.2. The number of aryl methyl sites for hydroxylation is 2. The molecule has 0 aromatic heterocycles. The summed E-state index contributed by atoms with van der Waals surface area (Å²) in [5.41, 5.74) is 3.61. The zero-order valence-electron chi connectivity index (χ0n) is 14.6. The standard InChI is InChI=1S/C19H31NO2/c1-5-6-7-8-9-10-20(14-17(4)19(21)22)18-12-15(2)11-16(3)13-18/h11-13,17H,5-10,14H2,1-4H3,(H,21,22). The molecule has 3 heteroatoms. The van der Waals surface area contributed by atoms with Gasteiger partial charge in [-0.25, -0.2) is 0 Å². The fourth-order valence-electron chi connectivity index (χ4n) is 2.77. The third kappa shape index (κ3) is 6.50. The minimum atomic E-state index is -0.722. The molecule has 22 heavy (non-hydrogen) atoms. The Morgan fingerprint density at radius 1 is 1.09 bits per heavy atom. The molecule has 1 unspecified atom stereocenters. The monoisotopic (exact) mass is 305 g/mol. The molecular weight excluding hydrogens is 274 g/mol. The van der Waals surface area contributed by atoms with Crippen molar-refractivity contribution in [2.24, 2.45) is 5.92 Å². The summed E-state index contributed by atoms with van der Waals surface area (Å²) in [7, 11) is 0. The van der Waals surface area contributed by atoms with E-state index >= 15 is 0 Å². The summed E-state index contributed by atoms with van der Waals surface area (Å²) in [6.45, 7) is 9.70. The minimum absolute atomic E-state index is 0.350. The molecule has 1 aromatic rings. The predicted octanol–water partition coefficient (Wildman–Crippen LogP) is 4.80. The van der Waals surface area contributed by atoms with Crippen molar-refractivity contribution in [1.29, 1.82) is 0 Å². The van der Waals surface area contributed by atoms with Gasteiger partial charge in [-0.15, -0.1) is 0 Å². The van der Waals surface area contributed by atoms with Crippen molar-refractivity contribution in [2.75, 3.05) is 18.0 Å². The van der Waals surface area contributed by atoms with E-state index in [-0.39, 0.29) is 5.92 Å². The fraction of sp³-hybridized carbons (Fsp3) is 0.632.